The van der Waals surface area contributed by atoms with Crippen LogP contribution < -0.4 is 10.1 Å². The fourth-order valence-corrected chi connectivity index (χ4v) is 3.31. The molecule has 5 heteroatoms. The third kappa shape index (κ3) is 3.34. The molecule has 4 nitrogen and oxygen atoms in total. The van der Waals surface area contributed by atoms with Gasteiger partial charge in [-0.1, -0.05) is 29.8 Å². The molecule has 1 aliphatic rings. The number of benzene rings is 2. The van der Waals surface area contributed by atoms with Crippen molar-refractivity contribution in [3.05, 3.63) is 58.6 Å². The lowest BCUT2D eigenvalue weighted by Gasteiger charge is -2.26. The summed E-state index contributed by atoms with van der Waals surface area (Å²) in [5, 5.41) is 3.64. The van der Waals surface area contributed by atoms with E-state index in [1.807, 2.05) is 54.3 Å². The molecule has 0 spiro atoms. The molecule has 2 amide bonds. The smallest absolute Gasteiger partial charge is 0.322 e. The first kappa shape index (κ1) is 16.7. The minimum atomic E-state index is -0.0920. The summed E-state index contributed by atoms with van der Waals surface area (Å²) in [7, 11) is 1.65. The van der Waals surface area contributed by atoms with Gasteiger partial charge in [-0.05, 0) is 55.2 Å². The Morgan fingerprint density at radius 1 is 1.29 bits per heavy atom. The van der Waals surface area contributed by atoms with E-state index in [0.717, 1.165) is 42.0 Å². The number of carbonyl (C=O) groups excluding carboxylic acids is 1. The summed E-state index contributed by atoms with van der Waals surface area (Å²) >= 11 is 6.14. The number of hydrogen-bond acceptors (Lipinski definition) is 2. The van der Waals surface area contributed by atoms with Crippen molar-refractivity contribution < 1.29 is 9.53 Å². The van der Waals surface area contributed by atoms with Gasteiger partial charge in [-0.2, -0.15) is 0 Å². The molecule has 1 saturated heterocycles. The SMILES string of the molecule is COc1cccc(C2CCCN2C(=O)Nc2cccc(Cl)c2C)c1. The molecule has 0 saturated carbocycles. The van der Waals surface area contributed by atoms with Crippen molar-refractivity contribution in [2.45, 2.75) is 25.8 Å². The molecule has 0 bridgehead atoms. The second-order valence-electron chi connectivity index (χ2n) is 5.97. The molecule has 0 aromatic heterocycles. The maximum absolute atomic E-state index is 12.8. The van der Waals surface area contributed by atoms with Crippen LogP contribution in [0.1, 0.15) is 30.0 Å². The van der Waals surface area contributed by atoms with Crippen molar-refractivity contribution >= 4 is 23.3 Å². The van der Waals surface area contributed by atoms with Crippen molar-refractivity contribution in [1.82, 2.24) is 4.90 Å². The molecule has 1 atom stereocenters. The van der Waals surface area contributed by atoms with Crippen LogP contribution in [0.3, 0.4) is 0 Å². The number of hydrogen-bond donors (Lipinski definition) is 1. The van der Waals surface area contributed by atoms with E-state index in [0.29, 0.717) is 5.02 Å². The first-order chi connectivity index (χ1) is 11.6. The fraction of sp³-hybridized carbons (Fsp3) is 0.316. The molecule has 1 fully saturated rings. The van der Waals surface area contributed by atoms with Crippen LogP contribution >= 0.6 is 11.6 Å². The first-order valence-electron chi connectivity index (χ1n) is 8.07. The normalized spacial score (nSPS) is 17.0. The van der Waals surface area contributed by atoms with Gasteiger partial charge < -0.3 is 15.0 Å². The first-order valence-corrected chi connectivity index (χ1v) is 8.44. The molecule has 24 heavy (non-hydrogen) atoms. The predicted molar refractivity (Wildman–Crippen MR) is 96.9 cm³/mol. The van der Waals surface area contributed by atoms with Crippen LogP contribution in [-0.2, 0) is 0 Å². The highest BCUT2D eigenvalue weighted by atomic mass is 35.5. The fourth-order valence-electron chi connectivity index (χ4n) is 3.14. The number of nitrogens with one attached hydrogen (secondary N) is 1. The van der Waals surface area contributed by atoms with E-state index in [1.165, 1.54) is 0 Å². The molecule has 0 aliphatic carbocycles. The minimum Gasteiger partial charge on any atom is -0.497 e. The van der Waals surface area contributed by atoms with E-state index >= 15 is 0 Å². The Balaban J connectivity index is 1.79. The van der Waals surface area contributed by atoms with Crippen molar-refractivity contribution in [2.75, 3.05) is 19.0 Å². The van der Waals surface area contributed by atoms with Gasteiger partial charge in [0, 0.05) is 17.3 Å². The molecule has 1 unspecified atom stereocenters. The summed E-state index contributed by atoms with van der Waals surface area (Å²) in [5.74, 6) is 0.811. The highest BCUT2D eigenvalue weighted by Gasteiger charge is 2.30. The van der Waals surface area contributed by atoms with E-state index < -0.39 is 0 Å². The van der Waals surface area contributed by atoms with Gasteiger partial charge in [-0.3, -0.25) is 0 Å². The minimum absolute atomic E-state index is 0.0691. The molecular formula is C19H21ClN2O2. The number of urea groups is 1. The molecule has 3 rings (SSSR count). The number of likely N-dealkylation sites (tertiary alicyclic amines) is 1. The van der Waals surface area contributed by atoms with Gasteiger partial charge in [-0.25, -0.2) is 4.79 Å². The van der Waals surface area contributed by atoms with Crippen LogP contribution in [0.5, 0.6) is 5.75 Å². The van der Waals surface area contributed by atoms with Crippen molar-refractivity contribution in [3.8, 4) is 5.75 Å². The van der Waals surface area contributed by atoms with Crippen molar-refractivity contribution in [1.29, 1.82) is 0 Å². The molecule has 2 aromatic rings. The van der Waals surface area contributed by atoms with Crippen molar-refractivity contribution in [3.63, 3.8) is 0 Å². The zero-order valence-electron chi connectivity index (χ0n) is 13.9. The Labute approximate surface area is 147 Å². The number of anilines is 1. The van der Waals surface area contributed by atoms with Gasteiger partial charge in [-0.15, -0.1) is 0 Å². The third-order valence-electron chi connectivity index (χ3n) is 4.50. The van der Waals surface area contributed by atoms with Gasteiger partial charge in [0.1, 0.15) is 5.75 Å². The van der Waals surface area contributed by atoms with Gasteiger partial charge in [0.05, 0.1) is 13.2 Å². The van der Waals surface area contributed by atoms with Crippen LogP contribution in [0.15, 0.2) is 42.5 Å². The van der Waals surface area contributed by atoms with E-state index in [9.17, 15) is 4.79 Å². The molecule has 126 valence electrons. The second-order valence-corrected chi connectivity index (χ2v) is 6.38. The molecular weight excluding hydrogens is 324 g/mol. The highest BCUT2D eigenvalue weighted by molar-refractivity contribution is 6.31. The molecule has 2 aromatic carbocycles. The number of methoxy groups -OCH3 is 1. The van der Waals surface area contributed by atoms with Crippen LogP contribution in [0.2, 0.25) is 5.02 Å². The van der Waals surface area contributed by atoms with Crippen LogP contribution in [0.25, 0.3) is 0 Å². The number of halogens is 1. The topological polar surface area (TPSA) is 41.6 Å². The van der Waals surface area contributed by atoms with Gasteiger partial charge in [0.2, 0.25) is 0 Å². The number of nitrogens with zero attached hydrogens (tertiary/aromatic N) is 1. The quantitative estimate of drug-likeness (QED) is 0.848. The number of carbonyl (C=O) groups is 1. The lowest BCUT2D eigenvalue weighted by molar-refractivity contribution is 0.207. The Kier molecular flexibility index (Phi) is 4.95. The molecule has 1 N–H and O–H groups in total. The maximum Gasteiger partial charge on any atom is 0.322 e. The third-order valence-corrected chi connectivity index (χ3v) is 4.91. The Morgan fingerprint density at radius 2 is 2.08 bits per heavy atom. The van der Waals surface area contributed by atoms with E-state index in [4.69, 9.17) is 16.3 Å². The average Bonchev–Trinajstić information content (AvgIpc) is 3.09. The Morgan fingerprint density at radius 3 is 2.88 bits per heavy atom. The number of amides is 2. The monoisotopic (exact) mass is 344 g/mol. The van der Waals surface area contributed by atoms with Crippen LogP contribution in [0.4, 0.5) is 10.5 Å². The maximum atomic E-state index is 12.8. The van der Waals surface area contributed by atoms with Crippen molar-refractivity contribution in [2.24, 2.45) is 0 Å². The van der Waals surface area contributed by atoms with Gasteiger partial charge in [0.25, 0.3) is 0 Å². The van der Waals surface area contributed by atoms with E-state index in [-0.39, 0.29) is 12.1 Å². The Hall–Kier alpha value is -2.20. The number of rotatable bonds is 3. The van der Waals surface area contributed by atoms with Crippen LogP contribution in [0, 0.1) is 6.92 Å². The summed E-state index contributed by atoms with van der Waals surface area (Å²) in [6.07, 6.45) is 1.94. The molecule has 1 heterocycles. The lowest BCUT2D eigenvalue weighted by atomic mass is 10.0. The number of ether oxygens (including phenoxy) is 1. The Bertz CT molecular complexity index is 748. The highest BCUT2D eigenvalue weighted by Crippen LogP contribution is 2.34. The molecule has 0 radical (unpaired) electrons. The summed E-state index contributed by atoms with van der Waals surface area (Å²) in [4.78, 5) is 14.6. The second kappa shape index (κ2) is 7.14. The predicted octanol–water partition coefficient (Wildman–Crippen LogP) is 5.03. The van der Waals surface area contributed by atoms with Gasteiger partial charge in [0.15, 0.2) is 0 Å². The summed E-state index contributed by atoms with van der Waals surface area (Å²) in [6.45, 7) is 2.65. The van der Waals surface area contributed by atoms with Gasteiger partial charge >= 0.3 is 6.03 Å². The average molecular weight is 345 g/mol. The van der Waals surface area contributed by atoms with E-state index in [2.05, 4.69) is 5.32 Å². The zero-order chi connectivity index (χ0) is 17.1. The van der Waals surface area contributed by atoms with Crippen LogP contribution in [-0.4, -0.2) is 24.6 Å². The zero-order valence-corrected chi connectivity index (χ0v) is 14.6. The summed E-state index contributed by atoms with van der Waals surface area (Å²) < 4.78 is 5.30. The summed E-state index contributed by atoms with van der Waals surface area (Å²) in [6, 6.07) is 13.4. The lowest BCUT2D eigenvalue weighted by Crippen LogP contribution is -2.34. The summed E-state index contributed by atoms with van der Waals surface area (Å²) in [5.41, 5.74) is 2.73. The standard InChI is InChI=1S/C19H21ClN2O2/c1-13-16(20)8-4-9-17(13)21-19(23)22-11-5-10-18(22)14-6-3-7-15(12-14)24-2/h3-4,6-9,12,18H,5,10-11H2,1-2H3,(H,21,23). The molecule has 1 aliphatic heterocycles. The largest absolute Gasteiger partial charge is 0.497 e. The van der Waals surface area contributed by atoms with E-state index in [1.54, 1.807) is 7.11 Å².